The summed E-state index contributed by atoms with van der Waals surface area (Å²) in [5.41, 5.74) is 0. The van der Waals surface area contributed by atoms with Crippen LogP contribution in [0.2, 0.25) is 0 Å². The number of halogens is 1. The number of piperidine rings is 1. The molecule has 136 valence electrons. The molecule has 0 bridgehead atoms. The molecule has 0 radical (unpaired) electrons. The molecule has 0 unspecified atom stereocenters. The smallest absolute Gasteiger partial charge is 0.243 e. The van der Waals surface area contributed by atoms with E-state index in [1.807, 2.05) is 0 Å². The van der Waals surface area contributed by atoms with E-state index in [1.54, 1.807) is 14.1 Å². The predicted octanol–water partition coefficient (Wildman–Crippen LogP) is 0.135. The summed E-state index contributed by atoms with van der Waals surface area (Å²) in [6.45, 7) is 0.224. The van der Waals surface area contributed by atoms with E-state index in [1.165, 1.54) is 26.2 Å². The van der Waals surface area contributed by atoms with Gasteiger partial charge in [0.2, 0.25) is 21.8 Å². The predicted molar refractivity (Wildman–Crippen MR) is 87.5 cm³/mol. The van der Waals surface area contributed by atoms with Gasteiger partial charge < -0.3 is 9.80 Å². The topological polar surface area (TPSA) is 78.0 Å². The number of hydrogen-bond donors (Lipinski definition) is 0. The number of amides is 2. The molecular weight excluding hydrogens is 349 g/mol. The summed E-state index contributed by atoms with van der Waals surface area (Å²) in [7, 11) is -0.630. The van der Waals surface area contributed by atoms with Crippen LogP contribution in [-0.4, -0.2) is 74.1 Å². The van der Waals surface area contributed by atoms with E-state index in [4.69, 9.17) is 0 Å². The second-order valence-corrected chi connectivity index (χ2v) is 8.42. The summed E-state index contributed by atoms with van der Waals surface area (Å²) in [5, 5.41) is 0. The van der Waals surface area contributed by atoms with Crippen molar-refractivity contribution >= 4 is 21.8 Å². The van der Waals surface area contributed by atoms with Crippen molar-refractivity contribution in [3.05, 3.63) is 30.1 Å². The van der Waals surface area contributed by atoms with Crippen molar-refractivity contribution in [1.29, 1.82) is 0 Å². The van der Waals surface area contributed by atoms with Crippen LogP contribution in [0.15, 0.2) is 29.2 Å². The van der Waals surface area contributed by atoms with Gasteiger partial charge in [-0.15, -0.1) is 0 Å². The molecule has 2 fully saturated rings. The van der Waals surface area contributed by atoms with Crippen LogP contribution in [0, 0.1) is 11.7 Å². The van der Waals surface area contributed by atoms with Gasteiger partial charge in [-0.3, -0.25) is 9.59 Å². The Labute approximate surface area is 146 Å². The summed E-state index contributed by atoms with van der Waals surface area (Å²) in [6, 6.07) is 4.13. The largest absolute Gasteiger partial charge is 0.339 e. The second-order valence-electron chi connectivity index (χ2n) is 6.48. The van der Waals surface area contributed by atoms with Gasteiger partial charge in [0.05, 0.1) is 23.4 Å². The van der Waals surface area contributed by atoms with Gasteiger partial charge in [0.1, 0.15) is 5.82 Å². The Morgan fingerprint density at radius 3 is 2.40 bits per heavy atom. The molecule has 1 aromatic carbocycles. The van der Waals surface area contributed by atoms with Gasteiger partial charge in [0, 0.05) is 27.2 Å². The van der Waals surface area contributed by atoms with E-state index >= 15 is 0 Å². The molecule has 0 aliphatic carbocycles. The molecule has 2 amide bonds. The quantitative estimate of drug-likeness (QED) is 0.743. The first-order valence-electron chi connectivity index (χ1n) is 7.98. The fourth-order valence-corrected chi connectivity index (χ4v) is 4.89. The van der Waals surface area contributed by atoms with Crippen LogP contribution in [0.4, 0.5) is 4.39 Å². The second kappa shape index (κ2) is 6.38. The van der Waals surface area contributed by atoms with Gasteiger partial charge in [-0.05, 0) is 30.7 Å². The van der Waals surface area contributed by atoms with Gasteiger partial charge in [-0.2, -0.15) is 4.31 Å². The normalized spacial score (nSPS) is 25.7. The molecule has 9 heteroatoms. The van der Waals surface area contributed by atoms with Gasteiger partial charge in [-0.1, -0.05) is 0 Å². The highest BCUT2D eigenvalue weighted by Crippen LogP contribution is 2.29. The highest BCUT2D eigenvalue weighted by Gasteiger charge is 2.44. The number of likely N-dealkylation sites (N-methyl/N-ethyl adjacent to an activating group) is 2. The fraction of sp³-hybridized carbons (Fsp3) is 0.500. The van der Waals surface area contributed by atoms with E-state index in [9.17, 15) is 22.4 Å². The Bertz CT molecular complexity index is 796. The molecule has 3 rings (SSSR count). The lowest BCUT2D eigenvalue weighted by molar-refractivity contribution is -0.136. The molecular formula is C16H20FN3O4S. The van der Waals surface area contributed by atoms with Crippen molar-refractivity contribution < 1.29 is 22.4 Å². The Morgan fingerprint density at radius 2 is 1.76 bits per heavy atom. The van der Waals surface area contributed by atoms with Gasteiger partial charge >= 0.3 is 0 Å². The number of benzene rings is 1. The molecule has 0 aromatic heterocycles. The number of nitrogens with zero attached hydrogens (tertiary/aromatic N) is 3. The minimum absolute atomic E-state index is 0.00149. The third-order valence-corrected chi connectivity index (χ3v) is 6.83. The van der Waals surface area contributed by atoms with Crippen molar-refractivity contribution in [2.24, 2.45) is 5.92 Å². The number of fused-ring (bicyclic) bond motifs is 1. The number of hydrogen-bond acceptors (Lipinski definition) is 4. The Morgan fingerprint density at radius 1 is 1.12 bits per heavy atom. The van der Waals surface area contributed by atoms with Crippen LogP contribution < -0.4 is 0 Å². The molecule has 2 atom stereocenters. The van der Waals surface area contributed by atoms with E-state index < -0.39 is 27.8 Å². The fourth-order valence-electron chi connectivity index (χ4n) is 3.42. The zero-order valence-corrected chi connectivity index (χ0v) is 14.9. The highest BCUT2D eigenvalue weighted by atomic mass is 32.2. The van der Waals surface area contributed by atoms with E-state index in [-0.39, 0.29) is 36.3 Å². The third-order valence-electron chi connectivity index (χ3n) is 4.95. The minimum Gasteiger partial charge on any atom is -0.339 e. The van der Waals surface area contributed by atoms with Crippen LogP contribution in [0.3, 0.4) is 0 Å². The van der Waals surface area contributed by atoms with Crippen molar-refractivity contribution in [1.82, 2.24) is 14.1 Å². The van der Waals surface area contributed by atoms with E-state index in [2.05, 4.69) is 0 Å². The van der Waals surface area contributed by atoms with Gasteiger partial charge in [0.15, 0.2) is 0 Å². The first-order chi connectivity index (χ1) is 11.7. The Balaban J connectivity index is 1.89. The molecule has 2 aliphatic heterocycles. The number of carbonyl (C=O) groups excluding carboxylic acids is 2. The summed E-state index contributed by atoms with van der Waals surface area (Å²) >= 11 is 0. The van der Waals surface area contributed by atoms with Crippen molar-refractivity contribution in [2.75, 3.05) is 33.7 Å². The molecule has 2 heterocycles. The SMILES string of the molecule is CN1CC(=O)N(C)[C@@H]2CN(S(=O)(=O)c3ccc(F)cc3)CC[C@@H]2C1=O. The Kier molecular flexibility index (Phi) is 4.54. The van der Waals surface area contributed by atoms with Crippen molar-refractivity contribution in [3.63, 3.8) is 0 Å². The molecule has 25 heavy (non-hydrogen) atoms. The van der Waals surface area contributed by atoms with Gasteiger partial charge in [0.25, 0.3) is 0 Å². The lowest BCUT2D eigenvalue weighted by atomic mass is 9.91. The number of carbonyl (C=O) groups is 2. The van der Waals surface area contributed by atoms with Crippen LogP contribution >= 0.6 is 0 Å². The monoisotopic (exact) mass is 369 g/mol. The van der Waals surface area contributed by atoms with Crippen LogP contribution in [0.1, 0.15) is 6.42 Å². The summed E-state index contributed by atoms with van der Waals surface area (Å²) in [5.74, 6) is -1.28. The summed E-state index contributed by atoms with van der Waals surface area (Å²) in [6.07, 6.45) is 0.339. The average molecular weight is 369 g/mol. The average Bonchev–Trinajstić information content (AvgIpc) is 2.66. The molecule has 1 aromatic rings. The summed E-state index contributed by atoms with van der Waals surface area (Å²) < 4.78 is 39.9. The number of rotatable bonds is 2. The number of sulfonamides is 1. The zero-order valence-electron chi connectivity index (χ0n) is 14.1. The maximum Gasteiger partial charge on any atom is 0.243 e. The highest BCUT2D eigenvalue weighted by molar-refractivity contribution is 7.89. The lowest BCUT2D eigenvalue weighted by Gasteiger charge is -2.39. The van der Waals surface area contributed by atoms with E-state index in [0.717, 1.165) is 12.1 Å². The lowest BCUT2D eigenvalue weighted by Crippen LogP contribution is -2.55. The van der Waals surface area contributed by atoms with E-state index in [0.29, 0.717) is 6.42 Å². The third kappa shape index (κ3) is 3.13. The molecule has 0 spiro atoms. The first-order valence-corrected chi connectivity index (χ1v) is 9.42. The maximum atomic E-state index is 13.1. The molecule has 0 saturated carbocycles. The van der Waals surface area contributed by atoms with Crippen molar-refractivity contribution in [3.8, 4) is 0 Å². The first kappa shape index (κ1) is 17.8. The van der Waals surface area contributed by atoms with Gasteiger partial charge in [-0.25, -0.2) is 12.8 Å². The zero-order chi connectivity index (χ0) is 18.4. The van der Waals surface area contributed by atoms with Crippen LogP contribution in [-0.2, 0) is 19.6 Å². The van der Waals surface area contributed by atoms with Crippen molar-refractivity contribution in [2.45, 2.75) is 17.4 Å². The minimum atomic E-state index is -3.81. The molecule has 7 nitrogen and oxygen atoms in total. The summed E-state index contributed by atoms with van der Waals surface area (Å²) in [4.78, 5) is 27.5. The van der Waals surface area contributed by atoms with Crippen LogP contribution in [0.5, 0.6) is 0 Å². The molecule has 2 saturated heterocycles. The maximum absolute atomic E-state index is 13.1. The molecule has 2 aliphatic rings. The molecule has 0 N–H and O–H groups in total. The standard InChI is InChI=1S/C16H20FN3O4S/c1-18-10-15(21)19(2)14-9-20(8-7-13(14)16(18)22)25(23,24)12-5-3-11(17)4-6-12/h3-6,13-14H,7-10H2,1-2H3/t13-,14+/m0/s1. The van der Waals surface area contributed by atoms with Crippen LogP contribution in [0.25, 0.3) is 0 Å². The Hall–Kier alpha value is -2.00.